The van der Waals surface area contributed by atoms with Crippen LogP contribution in [0.4, 0.5) is 0 Å². The average Bonchev–Trinajstić information content (AvgIpc) is 2.34. The van der Waals surface area contributed by atoms with Crippen molar-refractivity contribution >= 4 is 0 Å². The van der Waals surface area contributed by atoms with E-state index in [0.29, 0.717) is 5.92 Å². The maximum Gasteiger partial charge on any atom is 0.0759 e. The van der Waals surface area contributed by atoms with Gasteiger partial charge in [-0.1, -0.05) is 0 Å². The van der Waals surface area contributed by atoms with E-state index in [4.69, 9.17) is 4.74 Å². The third-order valence-corrected chi connectivity index (χ3v) is 3.10. The molecule has 2 unspecified atom stereocenters. The molecule has 0 amide bonds. The molecule has 2 rings (SSSR count). The molecular formula is C12H19N3O. The van der Waals surface area contributed by atoms with Gasteiger partial charge in [0.05, 0.1) is 30.2 Å². The van der Waals surface area contributed by atoms with Gasteiger partial charge in [-0.3, -0.25) is 9.97 Å². The largest absolute Gasteiger partial charge is 0.381 e. The number of aryl methyl sites for hydroxylation is 1. The van der Waals surface area contributed by atoms with Crippen LogP contribution in [0.15, 0.2) is 12.4 Å². The Hall–Kier alpha value is -1.00. The molecule has 1 aliphatic rings. The van der Waals surface area contributed by atoms with Crippen LogP contribution in [0.1, 0.15) is 30.3 Å². The molecule has 0 radical (unpaired) electrons. The van der Waals surface area contributed by atoms with Gasteiger partial charge in [-0.05, 0) is 26.8 Å². The molecule has 0 aromatic carbocycles. The molecule has 0 saturated carbocycles. The number of hydrogen-bond donors (Lipinski definition) is 1. The van der Waals surface area contributed by atoms with E-state index in [0.717, 1.165) is 31.0 Å². The van der Waals surface area contributed by atoms with E-state index in [1.807, 2.05) is 26.4 Å². The minimum Gasteiger partial charge on any atom is -0.381 e. The van der Waals surface area contributed by atoms with Crippen LogP contribution in [0.2, 0.25) is 0 Å². The van der Waals surface area contributed by atoms with Gasteiger partial charge in [0.2, 0.25) is 0 Å². The highest BCUT2D eigenvalue weighted by Crippen LogP contribution is 2.26. The smallest absolute Gasteiger partial charge is 0.0759 e. The summed E-state index contributed by atoms with van der Waals surface area (Å²) in [7, 11) is 1.97. The van der Waals surface area contributed by atoms with Crippen LogP contribution in [-0.4, -0.2) is 30.2 Å². The zero-order chi connectivity index (χ0) is 11.4. The van der Waals surface area contributed by atoms with Gasteiger partial charge >= 0.3 is 0 Å². The van der Waals surface area contributed by atoms with Crippen LogP contribution in [-0.2, 0) is 4.74 Å². The third kappa shape index (κ3) is 2.57. The summed E-state index contributed by atoms with van der Waals surface area (Å²) >= 11 is 0. The van der Waals surface area contributed by atoms with E-state index in [2.05, 4.69) is 15.3 Å². The Kier molecular flexibility index (Phi) is 3.85. The molecule has 1 fully saturated rings. The summed E-state index contributed by atoms with van der Waals surface area (Å²) in [4.78, 5) is 8.74. The van der Waals surface area contributed by atoms with Crippen LogP contribution in [0.5, 0.6) is 0 Å². The van der Waals surface area contributed by atoms with Crippen LogP contribution in [0, 0.1) is 12.8 Å². The molecule has 0 bridgehead atoms. The maximum absolute atomic E-state index is 5.52. The van der Waals surface area contributed by atoms with E-state index in [1.165, 1.54) is 6.42 Å². The first-order valence-corrected chi connectivity index (χ1v) is 5.85. The Morgan fingerprint density at radius 1 is 1.44 bits per heavy atom. The van der Waals surface area contributed by atoms with Crippen molar-refractivity contribution in [2.75, 3.05) is 20.3 Å². The molecular weight excluding hydrogens is 202 g/mol. The Balaban J connectivity index is 2.11. The first kappa shape index (κ1) is 11.5. The van der Waals surface area contributed by atoms with Crippen LogP contribution in [0.25, 0.3) is 0 Å². The standard InChI is InChI=1S/C12H19N3O/c1-9-6-15-11(7-14-9)12(13-2)10-4-3-5-16-8-10/h6-7,10,12-13H,3-5,8H2,1-2H3. The fraction of sp³-hybridized carbons (Fsp3) is 0.667. The molecule has 1 saturated heterocycles. The minimum absolute atomic E-state index is 0.258. The Labute approximate surface area is 96.4 Å². The molecule has 16 heavy (non-hydrogen) atoms. The highest BCUT2D eigenvalue weighted by Gasteiger charge is 2.25. The summed E-state index contributed by atoms with van der Waals surface area (Å²) in [5.41, 5.74) is 1.97. The second-order valence-corrected chi connectivity index (χ2v) is 4.33. The second-order valence-electron chi connectivity index (χ2n) is 4.33. The number of rotatable bonds is 3. The number of aromatic nitrogens is 2. The SMILES string of the molecule is CNC(c1cnc(C)cn1)C1CCCOC1. The van der Waals surface area contributed by atoms with Crippen LogP contribution in [0.3, 0.4) is 0 Å². The fourth-order valence-corrected chi connectivity index (χ4v) is 2.22. The Morgan fingerprint density at radius 2 is 2.31 bits per heavy atom. The molecule has 1 aliphatic heterocycles. The van der Waals surface area contributed by atoms with Gasteiger partial charge < -0.3 is 10.1 Å². The van der Waals surface area contributed by atoms with Gasteiger partial charge in [-0.2, -0.15) is 0 Å². The number of nitrogens with zero attached hydrogens (tertiary/aromatic N) is 2. The molecule has 1 aromatic heterocycles. The Morgan fingerprint density at radius 3 is 2.88 bits per heavy atom. The second kappa shape index (κ2) is 5.37. The molecule has 2 atom stereocenters. The van der Waals surface area contributed by atoms with Crippen molar-refractivity contribution in [2.45, 2.75) is 25.8 Å². The van der Waals surface area contributed by atoms with E-state index in [1.54, 1.807) is 0 Å². The van der Waals surface area contributed by atoms with Gasteiger partial charge in [0, 0.05) is 18.7 Å². The monoisotopic (exact) mass is 221 g/mol. The highest BCUT2D eigenvalue weighted by molar-refractivity contribution is 5.07. The van der Waals surface area contributed by atoms with Crippen LogP contribution >= 0.6 is 0 Å². The zero-order valence-corrected chi connectivity index (χ0v) is 9.94. The van der Waals surface area contributed by atoms with Crippen molar-refractivity contribution in [1.29, 1.82) is 0 Å². The zero-order valence-electron chi connectivity index (χ0n) is 9.94. The van der Waals surface area contributed by atoms with Gasteiger partial charge in [-0.25, -0.2) is 0 Å². The van der Waals surface area contributed by atoms with E-state index >= 15 is 0 Å². The van der Waals surface area contributed by atoms with Gasteiger partial charge in [-0.15, -0.1) is 0 Å². The van der Waals surface area contributed by atoms with Crippen molar-refractivity contribution in [3.8, 4) is 0 Å². The molecule has 4 nitrogen and oxygen atoms in total. The Bertz CT molecular complexity index is 320. The molecule has 2 heterocycles. The number of hydrogen-bond acceptors (Lipinski definition) is 4. The normalized spacial score (nSPS) is 23.0. The van der Waals surface area contributed by atoms with Crippen molar-refractivity contribution in [3.63, 3.8) is 0 Å². The minimum atomic E-state index is 0.258. The quantitative estimate of drug-likeness (QED) is 0.839. The third-order valence-electron chi connectivity index (χ3n) is 3.10. The van der Waals surface area contributed by atoms with Crippen molar-refractivity contribution in [2.24, 2.45) is 5.92 Å². The maximum atomic E-state index is 5.52. The lowest BCUT2D eigenvalue weighted by Crippen LogP contribution is -2.32. The van der Waals surface area contributed by atoms with Crippen molar-refractivity contribution < 1.29 is 4.74 Å². The van der Waals surface area contributed by atoms with Crippen molar-refractivity contribution in [3.05, 3.63) is 23.8 Å². The van der Waals surface area contributed by atoms with E-state index in [-0.39, 0.29) is 6.04 Å². The summed E-state index contributed by atoms with van der Waals surface area (Å²) in [5, 5.41) is 3.33. The van der Waals surface area contributed by atoms with Gasteiger partial charge in [0.25, 0.3) is 0 Å². The topological polar surface area (TPSA) is 47.0 Å². The summed E-state index contributed by atoms with van der Waals surface area (Å²) in [5.74, 6) is 0.510. The molecule has 4 heteroatoms. The predicted octanol–water partition coefficient (Wildman–Crippen LogP) is 1.47. The first-order chi connectivity index (χ1) is 7.81. The first-order valence-electron chi connectivity index (χ1n) is 5.85. The summed E-state index contributed by atoms with van der Waals surface area (Å²) in [6.45, 7) is 3.67. The molecule has 1 aromatic rings. The van der Waals surface area contributed by atoms with Crippen LogP contribution < -0.4 is 5.32 Å². The average molecular weight is 221 g/mol. The summed E-state index contributed by atoms with van der Waals surface area (Å²) in [6, 6.07) is 0.258. The summed E-state index contributed by atoms with van der Waals surface area (Å²) in [6.07, 6.45) is 6.03. The molecule has 88 valence electrons. The fourth-order valence-electron chi connectivity index (χ4n) is 2.22. The van der Waals surface area contributed by atoms with Gasteiger partial charge in [0.15, 0.2) is 0 Å². The lowest BCUT2D eigenvalue weighted by molar-refractivity contribution is 0.0395. The predicted molar refractivity (Wildman–Crippen MR) is 62.1 cm³/mol. The molecule has 0 spiro atoms. The van der Waals surface area contributed by atoms with Gasteiger partial charge in [0.1, 0.15) is 0 Å². The van der Waals surface area contributed by atoms with Crippen molar-refractivity contribution in [1.82, 2.24) is 15.3 Å². The number of ether oxygens (including phenoxy) is 1. The number of nitrogens with one attached hydrogen (secondary N) is 1. The molecule has 1 N–H and O–H groups in total. The van der Waals surface area contributed by atoms with E-state index in [9.17, 15) is 0 Å². The lowest BCUT2D eigenvalue weighted by atomic mass is 9.92. The summed E-state index contributed by atoms with van der Waals surface area (Å²) < 4.78 is 5.52. The highest BCUT2D eigenvalue weighted by atomic mass is 16.5. The molecule has 0 aliphatic carbocycles. The lowest BCUT2D eigenvalue weighted by Gasteiger charge is -2.29. The van der Waals surface area contributed by atoms with E-state index < -0.39 is 0 Å².